The standard InChI is InChI=1S/FH.Na.4H4Si.H/h1H;;4*1H4;. The fourth-order valence-electron chi connectivity index (χ4n) is 0. The molecular formula is H18FNaSi4. The summed E-state index contributed by atoms with van der Waals surface area (Å²) in [7, 11) is 0. The zero-order valence-electron chi connectivity index (χ0n) is 0.408. The van der Waals surface area contributed by atoms with E-state index < -0.39 is 0 Å². The number of halogens is 1. The van der Waals surface area contributed by atoms with E-state index in [1.54, 1.807) is 0 Å². The summed E-state index contributed by atoms with van der Waals surface area (Å²) in [6.07, 6.45) is 0. The first-order valence-corrected chi connectivity index (χ1v) is 0. The van der Waals surface area contributed by atoms with Gasteiger partial charge in [-0.05, 0) is 43.9 Å². The van der Waals surface area contributed by atoms with Crippen molar-refractivity contribution in [1.29, 1.82) is 0 Å². The van der Waals surface area contributed by atoms with Crippen LogP contribution >= 0.6 is 0 Å². The zero-order valence-corrected chi connectivity index (χ0v) is 0.408. The normalized spacial score (nSPS) is 0. The van der Waals surface area contributed by atoms with Crippen LogP contribution in [-0.2, 0) is 0 Å². The van der Waals surface area contributed by atoms with E-state index in [1.807, 2.05) is 0 Å². The molecule has 0 rings (SSSR count). The largest absolute Gasteiger partial charge is 0.0149 e. The number of hydrogen-bond acceptors (Lipinski definition) is 0. The average Bonchev–Trinajstić information content (AvgIpc) is 0. The van der Waals surface area contributed by atoms with Gasteiger partial charge in [-0.2, -0.15) is 0 Å². The molecule has 0 aromatic heterocycles. The van der Waals surface area contributed by atoms with Crippen molar-refractivity contribution in [3.05, 3.63) is 0 Å². The van der Waals surface area contributed by atoms with Gasteiger partial charge in [0, 0.05) is 0 Å². The quantitative estimate of drug-likeness (QED) is 0.319. The van der Waals surface area contributed by atoms with Crippen molar-refractivity contribution in [1.82, 2.24) is 0 Å². The first-order chi connectivity index (χ1) is 0. The fourth-order valence-corrected chi connectivity index (χ4v) is 0. The van der Waals surface area contributed by atoms with E-state index in [1.165, 1.54) is 0 Å². The first kappa shape index (κ1) is 112. The van der Waals surface area contributed by atoms with Crippen LogP contribution in [0.4, 0.5) is 4.70 Å². The van der Waals surface area contributed by atoms with Gasteiger partial charge in [-0.1, -0.05) is 0 Å². The Labute approximate surface area is 77.6 Å². The van der Waals surface area contributed by atoms with Crippen LogP contribution in [0.5, 0.6) is 0 Å². The molecule has 0 nitrogen and oxygen atoms in total. The van der Waals surface area contributed by atoms with E-state index in [-0.39, 0.29) is 78.1 Å². The maximum absolute atomic E-state index is 0. The van der Waals surface area contributed by atoms with Crippen LogP contribution in [0.1, 0.15) is 0 Å². The topological polar surface area (TPSA) is 0 Å². The van der Waals surface area contributed by atoms with Crippen molar-refractivity contribution < 1.29 is 4.70 Å². The molecule has 0 radical (unpaired) electrons. The Bertz CT molecular complexity index is 7.51. The minimum absolute atomic E-state index is 0. The Morgan fingerprint density at radius 3 is 0.500 bits per heavy atom. The molecule has 6 heavy (non-hydrogen) atoms. The summed E-state index contributed by atoms with van der Waals surface area (Å²) in [6, 6.07) is 0. The monoisotopic (exact) mass is 172 g/mol. The van der Waals surface area contributed by atoms with Gasteiger partial charge in [-0.3, -0.25) is 4.70 Å². The van der Waals surface area contributed by atoms with Crippen LogP contribution < -0.4 is 0 Å². The average molecular weight is 172 g/mol. The minimum Gasteiger partial charge on any atom is -0.0149 e. The second kappa shape index (κ2) is 70.7. The van der Waals surface area contributed by atoms with Gasteiger partial charge in [-0.25, -0.2) is 0 Å². The first-order valence-electron chi connectivity index (χ1n) is 0. The molecule has 6 heteroatoms. The smallest absolute Gasteiger partial charge is 0.0149 e. The third kappa shape index (κ3) is 41.3. The molecule has 0 saturated heterocycles. The summed E-state index contributed by atoms with van der Waals surface area (Å²) in [5, 5.41) is 0. The van der Waals surface area contributed by atoms with Crippen molar-refractivity contribution in [2.75, 3.05) is 0 Å². The molecule has 0 spiro atoms. The maximum Gasteiger partial charge on any atom is -0.0149 e. The Hall–Kier alpha value is 1.80. The van der Waals surface area contributed by atoms with E-state index in [4.69, 9.17) is 0 Å². The van der Waals surface area contributed by atoms with Gasteiger partial charge in [0.2, 0.25) is 0 Å². The molecule has 0 N–H and O–H groups in total. The van der Waals surface area contributed by atoms with Crippen LogP contribution in [0.2, 0.25) is 0 Å². The summed E-state index contributed by atoms with van der Waals surface area (Å²) in [6.45, 7) is 0. The van der Waals surface area contributed by atoms with E-state index in [2.05, 4.69) is 0 Å². The van der Waals surface area contributed by atoms with Gasteiger partial charge in [-0.15, -0.1) is 0 Å². The molecule has 0 heterocycles. The Balaban J connectivity index is 0. The third-order valence-electron chi connectivity index (χ3n) is 0. The summed E-state index contributed by atoms with van der Waals surface area (Å²) in [5.74, 6) is 0. The molecule has 0 bridgehead atoms. The summed E-state index contributed by atoms with van der Waals surface area (Å²) >= 11 is 0. The second-order valence-corrected chi connectivity index (χ2v) is 0. The van der Waals surface area contributed by atoms with Gasteiger partial charge >= 0.3 is 29.6 Å². The molecule has 0 aliphatic rings. The van der Waals surface area contributed by atoms with E-state index in [9.17, 15) is 0 Å². The molecule has 0 unspecified atom stereocenters. The fraction of sp³-hybridized carbons (Fsp3) is 0. The van der Waals surface area contributed by atoms with E-state index in [0.717, 1.165) is 0 Å². The Morgan fingerprint density at radius 2 is 0.500 bits per heavy atom. The number of hydrogen-bond donors (Lipinski definition) is 0. The van der Waals surface area contributed by atoms with Crippen molar-refractivity contribution >= 4 is 73.4 Å². The van der Waals surface area contributed by atoms with Crippen molar-refractivity contribution in [3.8, 4) is 0 Å². The Kier molecular flexibility index (Phi) is 1310. The van der Waals surface area contributed by atoms with Gasteiger partial charge in [0.25, 0.3) is 0 Å². The van der Waals surface area contributed by atoms with Crippen molar-refractivity contribution in [2.24, 2.45) is 0 Å². The second-order valence-electron chi connectivity index (χ2n) is 0. The van der Waals surface area contributed by atoms with Crippen LogP contribution in [0, 0.1) is 0 Å². The summed E-state index contributed by atoms with van der Waals surface area (Å²) in [5.41, 5.74) is 0. The molecule has 0 fully saturated rings. The predicted molar refractivity (Wildman–Crippen MR) is 55.0 cm³/mol. The third-order valence-corrected chi connectivity index (χ3v) is 0. The molecule has 0 atom stereocenters. The molecule has 0 aliphatic carbocycles. The molecular weight excluding hydrogens is 154 g/mol. The molecule has 42 valence electrons. The van der Waals surface area contributed by atoms with Crippen LogP contribution in [-0.4, -0.2) is 73.4 Å². The SMILES string of the molecule is F.[NaH].[SiH4].[SiH4].[SiH4].[SiH4]. The maximum atomic E-state index is 0. The van der Waals surface area contributed by atoms with Gasteiger partial charge < -0.3 is 0 Å². The van der Waals surface area contributed by atoms with E-state index >= 15 is 0 Å². The molecule has 0 amide bonds. The molecule has 0 aromatic rings. The zero-order chi connectivity index (χ0) is 0. The Morgan fingerprint density at radius 1 is 0.500 bits per heavy atom. The van der Waals surface area contributed by atoms with Gasteiger partial charge in [0.1, 0.15) is 0 Å². The molecule has 0 saturated carbocycles. The summed E-state index contributed by atoms with van der Waals surface area (Å²) < 4.78 is 0. The van der Waals surface area contributed by atoms with Gasteiger partial charge in [0.15, 0.2) is 0 Å². The summed E-state index contributed by atoms with van der Waals surface area (Å²) in [4.78, 5) is 0. The van der Waals surface area contributed by atoms with E-state index in [0.29, 0.717) is 0 Å². The minimum atomic E-state index is 0. The van der Waals surface area contributed by atoms with Crippen molar-refractivity contribution in [3.63, 3.8) is 0 Å². The molecule has 0 aliphatic heterocycles. The van der Waals surface area contributed by atoms with Crippen LogP contribution in [0.15, 0.2) is 0 Å². The van der Waals surface area contributed by atoms with Crippen molar-refractivity contribution in [2.45, 2.75) is 0 Å². The predicted octanol–water partition coefficient (Wildman–Crippen LogP) is -6.30. The molecule has 0 aromatic carbocycles. The van der Waals surface area contributed by atoms with Crippen LogP contribution in [0.25, 0.3) is 0 Å². The van der Waals surface area contributed by atoms with Crippen LogP contribution in [0.3, 0.4) is 0 Å². The van der Waals surface area contributed by atoms with Gasteiger partial charge in [0.05, 0.1) is 0 Å². The number of rotatable bonds is 0.